The van der Waals surface area contributed by atoms with Gasteiger partial charge in [-0.25, -0.2) is 9.67 Å². The average molecular weight is 440 g/mol. The van der Waals surface area contributed by atoms with Gasteiger partial charge in [-0.05, 0) is 57.0 Å². The highest BCUT2D eigenvalue weighted by Gasteiger charge is 2.23. The first kappa shape index (κ1) is 21.3. The number of imidazole rings is 1. The molecule has 0 fully saturated rings. The van der Waals surface area contributed by atoms with Gasteiger partial charge < -0.3 is 14.6 Å². The van der Waals surface area contributed by atoms with Crippen LogP contribution in [-0.2, 0) is 16.9 Å². The van der Waals surface area contributed by atoms with Gasteiger partial charge in [0, 0.05) is 25.9 Å². The van der Waals surface area contributed by atoms with Crippen LogP contribution in [0.4, 0.5) is 5.82 Å². The third-order valence-corrected chi connectivity index (χ3v) is 5.52. The number of fused-ring (bicyclic) bond motifs is 1. The van der Waals surface area contributed by atoms with Crippen molar-refractivity contribution in [1.82, 2.24) is 29.3 Å². The van der Waals surface area contributed by atoms with Gasteiger partial charge in [-0.2, -0.15) is 15.1 Å². The summed E-state index contributed by atoms with van der Waals surface area (Å²) in [6.07, 6.45) is 3.71. The fourth-order valence-corrected chi connectivity index (χ4v) is 3.50. The maximum Gasteiger partial charge on any atom is 0.226 e. The van der Waals surface area contributed by atoms with Crippen molar-refractivity contribution in [3.05, 3.63) is 59.4 Å². The van der Waals surface area contributed by atoms with E-state index in [1.165, 1.54) is 0 Å². The van der Waals surface area contributed by atoms with Crippen LogP contribution in [-0.4, -0.2) is 36.4 Å². The Morgan fingerprint density at radius 3 is 2.68 bits per heavy atom. The summed E-state index contributed by atoms with van der Waals surface area (Å²) in [5, 5.41) is 8.29. The first-order valence-corrected chi connectivity index (χ1v) is 10.5. The molecule has 0 unspecified atom stereocenters. The second kappa shape index (κ2) is 8.28. The number of hydrogen-bond acceptors (Lipinski definition) is 6. The Kier molecular flexibility index (Phi) is 5.68. The molecule has 1 N–H and O–H groups in total. The van der Waals surface area contributed by atoms with E-state index in [0.29, 0.717) is 23.5 Å². The molecule has 0 saturated heterocycles. The molecule has 0 bridgehead atoms. The van der Waals surface area contributed by atoms with E-state index in [0.717, 1.165) is 16.9 Å². The summed E-state index contributed by atoms with van der Waals surface area (Å²) in [7, 11) is 1.69. The van der Waals surface area contributed by atoms with E-state index in [9.17, 15) is 0 Å². The van der Waals surface area contributed by atoms with Gasteiger partial charge in [0.25, 0.3) is 0 Å². The van der Waals surface area contributed by atoms with Crippen LogP contribution in [0.1, 0.15) is 45.0 Å². The number of benzene rings is 1. The van der Waals surface area contributed by atoms with Crippen molar-refractivity contribution >= 4 is 28.6 Å². The molecule has 0 atom stereocenters. The number of methoxy groups -OCH3 is 1. The highest BCUT2D eigenvalue weighted by molar-refractivity contribution is 6.28. The molecule has 4 rings (SSSR count). The van der Waals surface area contributed by atoms with Crippen molar-refractivity contribution in [3.63, 3.8) is 0 Å². The predicted molar refractivity (Wildman–Crippen MR) is 122 cm³/mol. The lowest BCUT2D eigenvalue weighted by Gasteiger charge is -2.20. The maximum absolute atomic E-state index is 6.20. The first-order valence-electron chi connectivity index (χ1n) is 10.1. The number of halogens is 1. The second-order valence-electron chi connectivity index (χ2n) is 8.10. The van der Waals surface area contributed by atoms with Crippen molar-refractivity contribution in [2.75, 3.05) is 12.4 Å². The standard InChI is InChI=1S/C22H26ClN7O/c1-14(2)29-13-25-18-19(26-21(23)27-20(18)29)24-12-15-8-6-7-9-16(15)30-11-10-17(28-30)22(3,4)31-5/h6-11,13-14H,12H2,1-5H3,(H,24,26,27). The zero-order chi connectivity index (χ0) is 22.2. The SMILES string of the molecule is COC(C)(C)c1ccn(-c2ccccc2CNc2nc(Cl)nc3c2ncn3C(C)C)n1. The van der Waals surface area contributed by atoms with Crippen LogP contribution in [0.15, 0.2) is 42.9 Å². The minimum atomic E-state index is -0.461. The van der Waals surface area contributed by atoms with Gasteiger partial charge in [0.2, 0.25) is 5.28 Å². The lowest BCUT2D eigenvalue weighted by atomic mass is 10.1. The molecule has 9 heteroatoms. The predicted octanol–water partition coefficient (Wildman–Crippen LogP) is 4.74. The van der Waals surface area contributed by atoms with Gasteiger partial charge in [-0.15, -0.1) is 0 Å². The molecule has 0 aliphatic heterocycles. The van der Waals surface area contributed by atoms with Crippen molar-refractivity contribution in [2.45, 2.75) is 45.9 Å². The largest absolute Gasteiger partial charge is 0.372 e. The third kappa shape index (κ3) is 4.13. The number of nitrogens with zero attached hydrogens (tertiary/aromatic N) is 6. The monoisotopic (exact) mass is 439 g/mol. The number of aromatic nitrogens is 6. The van der Waals surface area contributed by atoms with E-state index >= 15 is 0 Å². The molecule has 3 heterocycles. The minimum Gasteiger partial charge on any atom is -0.372 e. The van der Waals surface area contributed by atoms with Crippen LogP contribution in [0.5, 0.6) is 0 Å². The number of anilines is 1. The summed E-state index contributed by atoms with van der Waals surface area (Å²) < 4.78 is 9.40. The van der Waals surface area contributed by atoms with Gasteiger partial charge in [0.05, 0.1) is 17.7 Å². The molecular weight excluding hydrogens is 414 g/mol. The van der Waals surface area contributed by atoms with Crippen molar-refractivity contribution in [1.29, 1.82) is 0 Å². The number of ether oxygens (including phenoxy) is 1. The van der Waals surface area contributed by atoms with Crippen molar-refractivity contribution in [3.8, 4) is 5.69 Å². The molecule has 3 aromatic heterocycles. The Labute approximate surface area is 186 Å². The molecular formula is C22H26ClN7O. The van der Waals surface area contributed by atoms with Gasteiger partial charge >= 0.3 is 0 Å². The molecule has 162 valence electrons. The van der Waals surface area contributed by atoms with E-state index in [-0.39, 0.29) is 11.3 Å². The Hall–Kier alpha value is -2.97. The van der Waals surface area contributed by atoms with Crippen LogP contribution < -0.4 is 5.32 Å². The summed E-state index contributed by atoms with van der Waals surface area (Å²) in [6, 6.07) is 10.3. The van der Waals surface area contributed by atoms with E-state index in [4.69, 9.17) is 21.4 Å². The maximum atomic E-state index is 6.20. The number of rotatable bonds is 7. The Morgan fingerprint density at radius 1 is 1.16 bits per heavy atom. The van der Waals surface area contributed by atoms with Gasteiger partial charge in [0.1, 0.15) is 5.60 Å². The van der Waals surface area contributed by atoms with E-state index in [2.05, 4.69) is 40.2 Å². The van der Waals surface area contributed by atoms with Crippen LogP contribution in [0.3, 0.4) is 0 Å². The summed E-state index contributed by atoms with van der Waals surface area (Å²) in [4.78, 5) is 13.2. The molecule has 0 radical (unpaired) electrons. The Balaban J connectivity index is 1.64. The van der Waals surface area contributed by atoms with Crippen molar-refractivity contribution in [2.24, 2.45) is 0 Å². The van der Waals surface area contributed by atoms with E-state index in [1.807, 2.05) is 53.6 Å². The molecule has 8 nitrogen and oxygen atoms in total. The molecule has 0 aliphatic carbocycles. The molecule has 31 heavy (non-hydrogen) atoms. The quantitative estimate of drug-likeness (QED) is 0.419. The summed E-state index contributed by atoms with van der Waals surface area (Å²) >= 11 is 6.20. The Bertz CT molecular complexity index is 1210. The molecule has 0 spiro atoms. The highest BCUT2D eigenvalue weighted by atomic mass is 35.5. The van der Waals surface area contributed by atoms with Crippen LogP contribution in [0.2, 0.25) is 5.28 Å². The molecule has 4 aromatic rings. The zero-order valence-corrected chi connectivity index (χ0v) is 19.1. The highest BCUT2D eigenvalue weighted by Crippen LogP contribution is 2.26. The van der Waals surface area contributed by atoms with E-state index < -0.39 is 5.60 Å². The number of nitrogens with one attached hydrogen (secondary N) is 1. The zero-order valence-electron chi connectivity index (χ0n) is 18.3. The summed E-state index contributed by atoms with van der Waals surface area (Å²) in [5.74, 6) is 0.603. The average Bonchev–Trinajstić information content (AvgIpc) is 3.40. The third-order valence-electron chi connectivity index (χ3n) is 5.35. The fourth-order valence-electron chi connectivity index (χ4n) is 3.34. The number of hydrogen-bond donors (Lipinski definition) is 1. The second-order valence-corrected chi connectivity index (χ2v) is 8.44. The smallest absolute Gasteiger partial charge is 0.226 e. The molecule has 0 aliphatic rings. The molecule has 1 aromatic carbocycles. The topological polar surface area (TPSA) is 82.7 Å². The van der Waals surface area contributed by atoms with E-state index in [1.54, 1.807) is 13.4 Å². The lowest BCUT2D eigenvalue weighted by Crippen LogP contribution is -2.20. The van der Waals surface area contributed by atoms with Crippen LogP contribution in [0, 0.1) is 0 Å². The Morgan fingerprint density at radius 2 is 1.94 bits per heavy atom. The van der Waals surface area contributed by atoms with Gasteiger partial charge in [-0.1, -0.05) is 18.2 Å². The lowest BCUT2D eigenvalue weighted by molar-refractivity contribution is 0.0152. The van der Waals surface area contributed by atoms with Gasteiger partial charge in [0.15, 0.2) is 17.0 Å². The van der Waals surface area contributed by atoms with Crippen LogP contribution in [0.25, 0.3) is 16.9 Å². The van der Waals surface area contributed by atoms with Crippen LogP contribution >= 0.6 is 11.6 Å². The molecule has 0 amide bonds. The minimum absolute atomic E-state index is 0.184. The number of para-hydroxylation sites is 1. The van der Waals surface area contributed by atoms with Gasteiger partial charge in [-0.3, -0.25) is 0 Å². The summed E-state index contributed by atoms with van der Waals surface area (Å²) in [6.45, 7) is 8.66. The molecule has 0 saturated carbocycles. The fraction of sp³-hybridized carbons (Fsp3) is 0.364. The van der Waals surface area contributed by atoms with Crippen molar-refractivity contribution < 1.29 is 4.74 Å². The summed E-state index contributed by atoms with van der Waals surface area (Å²) in [5.41, 5.74) is 3.83. The first-order chi connectivity index (χ1) is 14.8. The normalized spacial score (nSPS) is 12.1.